The van der Waals surface area contributed by atoms with E-state index >= 15 is 0 Å². The summed E-state index contributed by atoms with van der Waals surface area (Å²) >= 11 is 0. The van der Waals surface area contributed by atoms with Crippen LogP contribution in [0.4, 0.5) is 0 Å². The van der Waals surface area contributed by atoms with Crippen molar-refractivity contribution in [1.29, 1.82) is 0 Å². The number of fused-ring (bicyclic) bond motifs is 12. The number of nitrogens with zero attached hydrogens (tertiary/aromatic N) is 3. The summed E-state index contributed by atoms with van der Waals surface area (Å²) in [6, 6.07) is 81.6. The normalized spacial score (nSPS) is 12.1. The van der Waals surface area contributed by atoms with E-state index in [4.69, 9.17) is 4.42 Å². The first-order valence-electron chi connectivity index (χ1n) is 21.9. The van der Waals surface area contributed by atoms with Crippen molar-refractivity contribution in [2.24, 2.45) is 0 Å². The number of hydrogen-bond acceptors (Lipinski definition) is 1. The van der Waals surface area contributed by atoms with Crippen LogP contribution in [0, 0.1) is 0 Å². The fourth-order valence-electron chi connectivity index (χ4n) is 10.8. The molecule has 0 spiro atoms. The third kappa shape index (κ3) is 4.93. The van der Waals surface area contributed by atoms with Gasteiger partial charge < -0.3 is 18.1 Å². The molecule has 14 aromatic rings. The van der Waals surface area contributed by atoms with E-state index in [1.54, 1.807) is 0 Å². The standard InChI is InChI=1S/C60H37N3O/c1-3-16-39(17-4-1)61-50-25-11-7-20-43(50)48-37-41(31-33-53(48)61)63-51-26-12-8-22-45(51)58-47(24-15-28-54(58)63)59-42(38-30-35-57-49(36-38)44-21-10-14-29-56(44)64-57)32-34-55-60(59)46-23-9-13-27-52(46)62(55)40-18-5-2-6-19-40/h1-37H. The minimum atomic E-state index is 0.891. The van der Waals surface area contributed by atoms with E-state index in [2.05, 4.69) is 232 Å². The lowest BCUT2D eigenvalue weighted by Crippen LogP contribution is -1.96. The summed E-state index contributed by atoms with van der Waals surface area (Å²) in [4.78, 5) is 0. The summed E-state index contributed by atoms with van der Waals surface area (Å²) in [7, 11) is 0. The Kier molecular flexibility index (Phi) is 7.36. The van der Waals surface area contributed by atoms with E-state index in [1.165, 1.54) is 76.6 Å². The Hall–Kier alpha value is -8.60. The summed E-state index contributed by atoms with van der Waals surface area (Å²) in [6.07, 6.45) is 0. The largest absolute Gasteiger partial charge is 0.456 e. The first kappa shape index (κ1) is 35.0. The van der Waals surface area contributed by atoms with Crippen molar-refractivity contribution in [3.05, 3.63) is 224 Å². The molecule has 10 aromatic carbocycles. The lowest BCUT2D eigenvalue weighted by Gasteiger charge is -2.16. The molecule has 0 aliphatic rings. The number of hydrogen-bond donors (Lipinski definition) is 0. The Morgan fingerprint density at radius 1 is 0.266 bits per heavy atom. The summed E-state index contributed by atoms with van der Waals surface area (Å²) in [5, 5.41) is 9.58. The van der Waals surface area contributed by atoms with Gasteiger partial charge in [-0.2, -0.15) is 0 Å². The zero-order chi connectivity index (χ0) is 41.9. The van der Waals surface area contributed by atoms with Crippen LogP contribution in [0.25, 0.3) is 127 Å². The molecule has 0 aliphatic heterocycles. The van der Waals surface area contributed by atoms with Crippen molar-refractivity contribution < 1.29 is 4.42 Å². The molecule has 0 radical (unpaired) electrons. The number of para-hydroxylation sites is 6. The van der Waals surface area contributed by atoms with Gasteiger partial charge in [0.15, 0.2) is 0 Å². The Bertz CT molecular complexity index is 4180. The molecule has 4 nitrogen and oxygen atoms in total. The summed E-state index contributed by atoms with van der Waals surface area (Å²) in [6.45, 7) is 0. The highest BCUT2D eigenvalue weighted by Crippen LogP contribution is 2.49. The predicted octanol–water partition coefficient (Wildman–Crippen LogP) is 16.2. The van der Waals surface area contributed by atoms with E-state index in [1.807, 2.05) is 6.07 Å². The van der Waals surface area contributed by atoms with Crippen LogP contribution in [0.15, 0.2) is 229 Å². The van der Waals surface area contributed by atoms with E-state index in [0.29, 0.717) is 0 Å². The molecule has 0 unspecified atom stereocenters. The van der Waals surface area contributed by atoms with Crippen LogP contribution in [0.3, 0.4) is 0 Å². The van der Waals surface area contributed by atoms with Crippen molar-refractivity contribution in [1.82, 2.24) is 13.7 Å². The van der Waals surface area contributed by atoms with Crippen LogP contribution in [0.2, 0.25) is 0 Å². The predicted molar refractivity (Wildman–Crippen MR) is 268 cm³/mol. The molecular formula is C60H37N3O. The van der Waals surface area contributed by atoms with Crippen molar-refractivity contribution in [3.63, 3.8) is 0 Å². The monoisotopic (exact) mass is 815 g/mol. The van der Waals surface area contributed by atoms with E-state index < -0.39 is 0 Å². The van der Waals surface area contributed by atoms with Gasteiger partial charge in [-0.1, -0.05) is 133 Å². The third-order valence-corrected chi connectivity index (χ3v) is 13.4. The van der Waals surface area contributed by atoms with Crippen LogP contribution in [0.1, 0.15) is 0 Å². The fourth-order valence-corrected chi connectivity index (χ4v) is 10.8. The van der Waals surface area contributed by atoms with Gasteiger partial charge in [0.25, 0.3) is 0 Å². The maximum Gasteiger partial charge on any atom is 0.135 e. The number of aromatic nitrogens is 3. The molecule has 14 rings (SSSR count). The van der Waals surface area contributed by atoms with E-state index in [9.17, 15) is 0 Å². The van der Waals surface area contributed by atoms with Gasteiger partial charge in [0.1, 0.15) is 11.2 Å². The van der Waals surface area contributed by atoms with Crippen LogP contribution >= 0.6 is 0 Å². The quantitative estimate of drug-likeness (QED) is 0.170. The lowest BCUT2D eigenvalue weighted by atomic mass is 9.88. The zero-order valence-electron chi connectivity index (χ0n) is 34.6. The Labute approximate surface area is 367 Å². The Morgan fingerprint density at radius 2 is 0.781 bits per heavy atom. The lowest BCUT2D eigenvalue weighted by molar-refractivity contribution is 0.669. The minimum Gasteiger partial charge on any atom is -0.456 e. The average molecular weight is 816 g/mol. The molecule has 298 valence electrons. The Balaban J connectivity index is 1.09. The fraction of sp³-hybridized carbons (Fsp3) is 0. The van der Waals surface area contributed by atoms with Gasteiger partial charge in [0, 0.05) is 65.7 Å². The molecule has 0 fully saturated rings. The van der Waals surface area contributed by atoms with Crippen LogP contribution in [0.5, 0.6) is 0 Å². The molecule has 4 heterocycles. The van der Waals surface area contributed by atoms with E-state index in [0.717, 1.165) is 50.1 Å². The molecule has 0 amide bonds. The second-order valence-corrected chi connectivity index (χ2v) is 16.8. The topological polar surface area (TPSA) is 27.9 Å². The summed E-state index contributed by atoms with van der Waals surface area (Å²) in [5.74, 6) is 0. The Morgan fingerprint density at radius 3 is 1.52 bits per heavy atom. The minimum absolute atomic E-state index is 0.891. The molecule has 4 heteroatoms. The molecule has 0 aliphatic carbocycles. The van der Waals surface area contributed by atoms with Crippen molar-refractivity contribution in [3.8, 4) is 39.3 Å². The first-order valence-corrected chi connectivity index (χ1v) is 21.9. The summed E-state index contributed by atoms with van der Waals surface area (Å²) < 4.78 is 13.6. The van der Waals surface area contributed by atoms with Gasteiger partial charge in [0.05, 0.1) is 33.1 Å². The van der Waals surface area contributed by atoms with Crippen LogP contribution in [-0.2, 0) is 0 Å². The van der Waals surface area contributed by atoms with Gasteiger partial charge in [-0.3, -0.25) is 0 Å². The van der Waals surface area contributed by atoms with Crippen LogP contribution < -0.4 is 0 Å². The zero-order valence-corrected chi connectivity index (χ0v) is 34.6. The van der Waals surface area contributed by atoms with Gasteiger partial charge in [0.2, 0.25) is 0 Å². The molecule has 0 saturated heterocycles. The highest BCUT2D eigenvalue weighted by atomic mass is 16.3. The molecule has 0 N–H and O–H groups in total. The van der Waals surface area contributed by atoms with Crippen molar-refractivity contribution in [2.75, 3.05) is 0 Å². The third-order valence-electron chi connectivity index (χ3n) is 13.4. The molecule has 0 bridgehead atoms. The molecule has 0 atom stereocenters. The number of furan rings is 1. The number of benzene rings is 10. The smallest absolute Gasteiger partial charge is 0.135 e. The second-order valence-electron chi connectivity index (χ2n) is 16.8. The molecule has 4 aromatic heterocycles. The van der Waals surface area contributed by atoms with Crippen molar-refractivity contribution in [2.45, 2.75) is 0 Å². The maximum absolute atomic E-state index is 6.36. The SMILES string of the molecule is c1ccc(-n2c3ccccc3c3cc(-n4c5ccccc5c5c(-c6c(-c7ccc8oc9ccccc9c8c7)ccc7c6c6ccccc6n7-c6ccccc6)cccc54)ccc32)cc1. The van der Waals surface area contributed by atoms with Gasteiger partial charge in [-0.25, -0.2) is 0 Å². The second kappa shape index (κ2) is 13.4. The van der Waals surface area contributed by atoms with Gasteiger partial charge >= 0.3 is 0 Å². The first-order chi connectivity index (χ1) is 31.8. The molecule has 0 saturated carbocycles. The van der Waals surface area contributed by atoms with E-state index in [-0.39, 0.29) is 0 Å². The highest BCUT2D eigenvalue weighted by Gasteiger charge is 2.25. The summed E-state index contributed by atoms with van der Waals surface area (Å²) in [5.41, 5.74) is 17.0. The van der Waals surface area contributed by atoms with Crippen molar-refractivity contribution >= 4 is 87.4 Å². The van der Waals surface area contributed by atoms with Gasteiger partial charge in [-0.15, -0.1) is 0 Å². The highest BCUT2D eigenvalue weighted by molar-refractivity contribution is 6.25. The maximum atomic E-state index is 6.36. The number of rotatable bonds is 5. The average Bonchev–Trinajstić information content (AvgIpc) is 4.10. The molecule has 64 heavy (non-hydrogen) atoms. The van der Waals surface area contributed by atoms with Crippen LogP contribution in [-0.4, -0.2) is 13.7 Å². The van der Waals surface area contributed by atoms with Gasteiger partial charge in [-0.05, 0) is 108 Å². The molecular weight excluding hydrogens is 779 g/mol.